The molecule has 2 amide bonds. The summed E-state index contributed by atoms with van der Waals surface area (Å²) in [5.41, 5.74) is 3.35. The van der Waals surface area contributed by atoms with Crippen molar-refractivity contribution in [2.24, 2.45) is 7.05 Å². The molecule has 2 aromatic carbocycles. The predicted molar refractivity (Wildman–Crippen MR) is 115 cm³/mol. The normalized spacial score (nSPS) is 10.7. The van der Waals surface area contributed by atoms with Gasteiger partial charge in [0.2, 0.25) is 11.8 Å². The first-order valence-electron chi connectivity index (χ1n) is 9.25. The number of hydrogen-bond donors (Lipinski definition) is 2. The lowest BCUT2D eigenvalue weighted by Crippen LogP contribution is -2.17. The van der Waals surface area contributed by atoms with Crippen LogP contribution >= 0.6 is 11.8 Å². The number of nitrogens with zero attached hydrogens (tertiary/aromatic N) is 3. The molecule has 3 rings (SSSR count). The number of nitrogens with one attached hydrogen (secondary N) is 2. The molecule has 156 valence electrons. The van der Waals surface area contributed by atoms with Crippen molar-refractivity contribution in [3.05, 3.63) is 65.2 Å². The number of carbonyl (C=O) groups is 2. The second-order valence-corrected chi connectivity index (χ2v) is 7.79. The molecule has 0 radical (unpaired) electrons. The topological polar surface area (TPSA) is 88.9 Å². The Balaban J connectivity index is 1.54. The summed E-state index contributed by atoms with van der Waals surface area (Å²) in [6, 6.07) is 11.4. The van der Waals surface area contributed by atoms with Crippen molar-refractivity contribution in [1.29, 1.82) is 0 Å². The highest BCUT2D eigenvalue weighted by Gasteiger charge is 2.15. The van der Waals surface area contributed by atoms with Crippen molar-refractivity contribution in [2.45, 2.75) is 25.4 Å². The van der Waals surface area contributed by atoms with Crippen LogP contribution in [0.25, 0.3) is 0 Å². The molecule has 0 saturated carbocycles. The summed E-state index contributed by atoms with van der Waals surface area (Å²) in [6.45, 7) is 3.91. The third-order valence-electron chi connectivity index (χ3n) is 4.37. The summed E-state index contributed by atoms with van der Waals surface area (Å²) in [4.78, 5) is 24.5. The van der Waals surface area contributed by atoms with E-state index in [9.17, 15) is 14.0 Å². The lowest BCUT2D eigenvalue weighted by molar-refractivity contribution is -0.116. The molecular formula is C21H22FN5O2S. The number of aryl methyl sites for hydroxylation is 2. The number of benzene rings is 2. The fourth-order valence-electron chi connectivity index (χ4n) is 2.69. The minimum atomic E-state index is -0.371. The number of halogens is 1. The quantitative estimate of drug-likeness (QED) is 0.564. The van der Waals surface area contributed by atoms with Gasteiger partial charge in [-0.2, -0.15) is 0 Å². The monoisotopic (exact) mass is 427 g/mol. The molecule has 0 unspecified atom stereocenters. The van der Waals surface area contributed by atoms with Crippen LogP contribution in [0.2, 0.25) is 0 Å². The van der Waals surface area contributed by atoms with E-state index in [1.54, 1.807) is 11.6 Å². The first kappa shape index (κ1) is 21.5. The zero-order chi connectivity index (χ0) is 21.7. The average Bonchev–Trinajstić information content (AvgIpc) is 3.04. The highest BCUT2D eigenvalue weighted by Crippen LogP contribution is 2.19. The van der Waals surface area contributed by atoms with Gasteiger partial charge >= 0.3 is 0 Å². The maximum Gasteiger partial charge on any atom is 0.234 e. The zero-order valence-corrected chi connectivity index (χ0v) is 17.7. The molecule has 0 bridgehead atoms. The Kier molecular flexibility index (Phi) is 6.83. The van der Waals surface area contributed by atoms with Gasteiger partial charge in [0.05, 0.1) is 12.2 Å². The van der Waals surface area contributed by atoms with E-state index in [0.29, 0.717) is 16.7 Å². The van der Waals surface area contributed by atoms with Gasteiger partial charge < -0.3 is 15.2 Å². The molecule has 1 heterocycles. The molecule has 0 aliphatic rings. The van der Waals surface area contributed by atoms with Gasteiger partial charge in [-0.1, -0.05) is 23.9 Å². The molecule has 7 nitrogen and oxygen atoms in total. The summed E-state index contributed by atoms with van der Waals surface area (Å²) in [5, 5.41) is 14.2. The number of aromatic nitrogens is 3. The molecule has 0 aliphatic heterocycles. The molecule has 2 N–H and O–H groups in total. The molecule has 9 heteroatoms. The number of anilines is 2. The number of amides is 2. The van der Waals surface area contributed by atoms with Crippen molar-refractivity contribution >= 4 is 35.0 Å². The molecular weight excluding hydrogens is 405 g/mol. The average molecular weight is 428 g/mol. The maximum absolute atomic E-state index is 13.0. The summed E-state index contributed by atoms with van der Waals surface area (Å²) in [5.74, 6) is -0.175. The van der Waals surface area contributed by atoms with Gasteiger partial charge in [0.1, 0.15) is 11.6 Å². The summed E-state index contributed by atoms with van der Waals surface area (Å²) in [7, 11) is 1.74. The Morgan fingerprint density at radius 3 is 2.50 bits per heavy atom. The van der Waals surface area contributed by atoms with Crippen molar-refractivity contribution in [1.82, 2.24) is 14.8 Å². The Hall–Kier alpha value is -3.20. The maximum atomic E-state index is 13.0. The summed E-state index contributed by atoms with van der Waals surface area (Å²) >= 11 is 1.24. The molecule has 0 atom stereocenters. The Bertz CT molecular complexity index is 1070. The van der Waals surface area contributed by atoms with Crippen LogP contribution in [0.3, 0.4) is 0 Å². The van der Waals surface area contributed by atoms with Crippen molar-refractivity contribution in [2.75, 3.05) is 16.4 Å². The van der Waals surface area contributed by atoms with Crippen LogP contribution in [0, 0.1) is 19.7 Å². The fourth-order valence-corrected chi connectivity index (χ4v) is 3.42. The van der Waals surface area contributed by atoms with E-state index in [4.69, 9.17) is 0 Å². The predicted octanol–water partition coefficient (Wildman–Crippen LogP) is 3.48. The minimum Gasteiger partial charge on any atom is -0.326 e. The largest absolute Gasteiger partial charge is 0.326 e. The molecule has 0 aliphatic carbocycles. The van der Waals surface area contributed by atoms with Crippen LogP contribution < -0.4 is 10.6 Å². The smallest absolute Gasteiger partial charge is 0.234 e. The Morgan fingerprint density at radius 1 is 1.03 bits per heavy atom. The number of hydrogen-bond acceptors (Lipinski definition) is 5. The third kappa shape index (κ3) is 5.66. The zero-order valence-electron chi connectivity index (χ0n) is 16.9. The van der Waals surface area contributed by atoms with E-state index >= 15 is 0 Å². The van der Waals surface area contributed by atoms with E-state index in [0.717, 1.165) is 16.8 Å². The van der Waals surface area contributed by atoms with Crippen LogP contribution in [0.5, 0.6) is 0 Å². The van der Waals surface area contributed by atoms with Crippen LogP contribution in [0.15, 0.2) is 47.6 Å². The van der Waals surface area contributed by atoms with Crippen LogP contribution in [0.1, 0.15) is 17.0 Å². The highest BCUT2D eigenvalue weighted by atomic mass is 32.2. The first-order valence-corrected chi connectivity index (χ1v) is 10.2. The molecule has 0 spiro atoms. The minimum absolute atomic E-state index is 0.0100. The van der Waals surface area contributed by atoms with Gasteiger partial charge in [0, 0.05) is 18.4 Å². The van der Waals surface area contributed by atoms with E-state index in [2.05, 4.69) is 20.8 Å². The molecule has 1 aromatic heterocycles. The van der Waals surface area contributed by atoms with Gasteiger partial charge in [0.15, 0.2) is 5.16 Å². The van der Waals surface area contributed by atoms with Gasteiger partial charge in [-0.25, -0.2) is 4.39 Å². The van der Waals surface area contributed by atoms with Crippen LogP contribution in [-0.4, -0.2) is 32.3 Å². The molecule has 0 saturated heterocycles. The third-order valence-corrected chi connectivity index (χ3v) is 5.39. The van der Waals surface area contributed by atoms with Crippen molar-refractivity contribution in [3.63, 3.8) is 0 Å². The summed E-state index contributed by atoms with van der Waals surface area (Å²) in [6.07, 6.45) is 0.0100. The lowest BCUT2D eigenvalue weighted by Gasteiger charge is -2.09. The van der Waals surface area contributed by atoms with Crippen molar-refractivity contribution in [3.8, 4) is 0 Å². The van der Waals surface area contributed by atoms with Gasteiger partial charge in [-0.05, 0) is 55.3 Å². The fraction of sp³-hybridized carbons (Fsp3) is 0.238. The van der Waals surface area contributed by atoms with Crippen LogP contribution in [-0.2, 0) is 23.1 Å². The van der Waals surface area contributed by atoms with Crippen LogP contribution in [0.4, 0.5) is 15.8 Å². The Labute approximate surface area is 178 Å². The standard InChI is InChI=1S/C21H22FN5O2S/c1-13-4-5-14(2)17(10-13)24-20(29)12-30-21-26-25-18(27(21)3)11-19(28)23-16-8-6-15(22)7-9-16/h4-10H,11-12H2,1-3H3,(H,23,28)(H,24,29). The van der Waals surface area contributed by atoms with E-state index < -0.39 is 0 Å². The summed E-state index contributed by atoms with van der Waals surface area (Å²) < 4.78 is 14.6. The number of carbonyl (C=O) groups excluding carboxylic acids is 2. The number of rotatable bonds is 7. The van der Waals surface area contributed by atoms with Gasteiger partial charge in [-0.3, -0.25) is 9.59 Å². The molecule has 0 fully saturated rings. The molecule has 30 heavy (non-hydrogen) atoms. The van der Waals surface area contributed by atoms with E-state index in [1.807, 2.05) is 32.0 Å². The van der Waals surface area contributed by atoms with E-state index in [-0.39, 0.29) is 29.8 Å². The number of thioether (sulfide) groups is 1. The van der Waals surface area contributed by atoms with Gasteiger partial charge in [-0.15, -0.1) is 10.2 Å². The second kappa shape index (κ2) is 9.53. The van der Waals surface area contributed by atoms with Crippen molar-refractivity contribution < 1.29 is 14.0 Å². The SMILES string of the molecule is Cc1ccc(C)c(NC(=O)CSc2nnc(CC(=O)Nc3ccc(F)cc3)n2C)c1. The van der Waals surface area contributed by atoms with Gasteiger partial charge in [0.25, 0.3) is 0 Å². The first-order chi connectivity index (χ1) is 14.3. The highest BCUT2D eigenvalue weighted by molar-refractivity contribution is 7.99. The second-order valence-electron chi connectivity index (χ2n) is 6.84. The lowest BCUT2D eigenvalue weighted by atomic mass is 10.1. The van der Waals surface area contributed by atoms with E-state index in [1.165, 1.54) is 36.0 Å². The Morgan fingerprint density at radius 2 is 1.77 bits per heavy atom. The molecule has 3 aromatic rings.